The fourth-order valence-electron chi connectivity index (χ4n) is 0.703. The van der Waals surface area contributed by atoms with Gasteiger partial charge in [-0.2, -0.15) is 0 Å². The summed E-state index contributed by atoms with van der Waals surface area (Å²) >= 11 is 0. The summed E-state index contributed by atoms with van der Waals surface area (Å²) in [6, 6.07) is 0. The summed E-state index contributed by atoms with van der Waals surface area (Å²) in [4.78, 5) is 19.2. The Morgan fingerprint density at radius 2 is 1.71 bits per heavy atom. The van der Waals surface area contributed by atoms with Crippen LogP contribution < -0.4 is 0 Å². The van der Waals surface area contributed by atoms with Crippen LogP contribution in [-0.2, 0) is 9.59 Å². The van der Waals surface area contributed by atoms with Gasteiger partial charge in [-0.1, -0.05) is 32.8 Å². The molecule has 82 valence electrons. The van der Waals surface area contributed by atoms with Gasteiger partial charge in [-0.25, -0.2) is 4.79 Å². The van der Waals surface area contributed by atoms with E-state index in [0.29, 0.717) is 6.42 Å². The predicted octanol–water partition coefficient (Wildman–Crippen LogP) is 2.30. The molecule has 0 bridgehead atoms. The smallest absolute Gasteiger partial charge is 0.327 e. The Morgan fingerprint density at radius 3 is 2.00 bits per heavy atom. The molecule has 0 aliphatic carbocycles. The summed E-state index contributed by atoms with van der Waals surface area (Å²) in [5, 5.41) is 15.8. The van der Waals surface area contributed by atoms with E-state index >= 15 is 0 Å². The molecular weight excluding hydrogens is 184 g/mol. The molecule has 0 saturated carbocycles. The van der Waals surface area contributed by atoms with Gasteiger partial charge in [0.15, 0.2) is 0 Å². The molecule has 0 aromatic rings. The summed E-state index contributed by atoms with van der Waals surface area (Å²) in [7, 11) is 0. The van der Waals surface area contributed by atoms with Gasteiger partial charge in [-0.15, -0.1) is 0 Å². The van der Waals surface area contributed by atoms with Crippen LogP contribution in [0.1, 0.15) is 39.0 Å². The quantitative estimate of drug-likeness (QED) is 0.512. The van der Waals surface area contributed by atoms with E-state index in [1.54, 1.807) is 0 Å². The maximum absolute atomic E-state index is 9.96. The number of carboxylic acids is 2. The highest BCUT2D eigenvalue weighted by molar-refractivity contribution is 5.78. The SMILES string of the molecule is C=CC(=O)O.CCCCCCC(=O)O. The van der Waals surface area contributed by atoms with Gasteiger partial charge in [0.2, 0.25) is 0 Å². The third-order valence-electron chi connectivity index (χ3n) is 1.42. The summed E-state index contributed by atoms with van der Waals surface area (Å²) in [5.41, 5.74) is 0. The average molecular weight is 202 g/mol. The van der Waals surface area contributed by atoms with Gasteiger partial charge in [-0.05, 0) is 6.42 Å². The molecule has 14 heavy (non-hydrogen) atoms. The number of hydrogen-bond acceptors (Lipinski definition) is 2. The number of carboxylic acid groups (broad SMARTS) is 2. The number of rotatable bonds is 6. The first-order valence-electron chi connectivity index (χ1n) is 4.61. The minimum absolute atomic E-state index is 0.333. The van der Waals surface area contributed by atoms with Crippen LogP contribution in [-0.4, -0.2) is 22.2 Å². The molecule has 0 radical (unpaired) electrons. The van der Waals surface area contributed by atoms with Gasteiger partial charge in [0.25, 0.3) is 0 Å². The molecule has 0 aromatic carbocycles. The maximum Gasteiger partial charge on any atom is 0.327 e. The van der Waals surface area contributed by atoms with Crippen molar-refractivity contribution in [1.29, 1.82) is 0 Å². The van der Waals surface area contributed by atoms with Crippen molar-refractivity contribution in [2.24, 2.45) is 0 Å². The standard InChI is InChI=1S/C7H14O2.C3H4O2/c1-2-3-4-5-6-7(8)9;1-2-3(4)5/h2-6H2,1H3,(H,8,9);2H,1H2,(H,4,5). The van der Waals surface area contributed by atoms with Crippen LogP contribution >= 0.6 is 0 Å². The maximum atomic E-state index is 9.96. The van der Waals surface area contributed by atoms with E-state index in [9.17, 15) is 9.59 Å². The largest absolute Gasteiger partial charge is 0.481 e. The third-order valence-corrected chi connectivity index (χ3v) is 1.42. The van der Waals surface area contributed by atoms with Crippen molar-refractivity contribution in [3.63, 3.8) is 0 Å². The fourth-order valence-corrected chi connectivity index (χ4v) is 0.703. The van der Waals surface area contributed by atoms with Crippen molar-refractivity contribution in [3.05, 3.63) is 12.7 Å². The van der Waals surface area contributed by atoms with Crippen LogP contribution in [0.5, 0.6) is 0 Å². The normalized spacial score (nSPS) is 8.36. The first-order valence-corrected chi connectivity index (χ1v) is 4.61. The molecule has 0 heterocycles. The van der Waals surface area contributed by atoms with Crippen molar-refractivity contribution in [1.82, 2.24) is 0 Å². The lowest BCUT2D eigenvalue weighted by Crippen LogP contribution is -1.92. The van der Waals surface area contributed by atoms with Crippen LogP contribution in [0, 0.1) is 0 Å². The van der Waals surface area contributed by atoms with Gasteiger partial charge >= 0.3 is 11.9 Å². The topological polar surface area (TPSA) is 74.6 Å². The van der Waals surface area contributed by atoms with Crippen molar-refractivity contribution in [2.45, 2.75) is 39.0 Å². The van der Waals surface area contributed by atoms with Gasteiger partial charge in [0, 0.05) is 12.5 Å². The van der Waals surface area contributed by atoms with E-state index in [0.717, 1.165) is 25.3 Å². The van der Waals surface area contributed by atoms with Crippen molar-refractivity contribution < 1.29 is 19.8 Å². The molecule has 0 atom stereocenters. The Hall–Kier alpha value is -1.32. The van der Waals surface area contributed by atoms with Crippen LogP contribution in [0.2, 0.25) is 0 Å². The Kier molecular flexibility index (Phi) is 12.7. The summed E-state index contributed by atoms with van der Waals surface area (Å²) in [5.74, 6) is -1.66. The Morgan fingerprint density at radius 1 is 1.21 bits per heavy atom. The zero-order valence-electron chi connectivity index (χ0n) is 8.53. The van der Waals surface area contributed by atoms with Crippen molar-refractivity contribution in [2.75, 3.05) is 0 Å². The molecule has 4 nitrogen and oxygen atoms in total. The molecule has 0 aliphatic heterocycles. The Labute approximate surface area is 84.3 Å². The second-order valence-corrected chi connectivity index (χ2v) is 2.75. The van der Waals surface area contributed by atoms with Gasteiger partial charge < -0.3 is 10.2 Å². The van der Waals surface area contributed by atoms with Crippen LogP contribution in [0.25, 0.3) is 0 Å². The molecule has 0 rings (SSSR count). The van der Waals surface area contributed by atoms with E-state index in [-0.39, 0.29) is 0 Å². The molecule has 0 amide bonds. The first kappa shape index (κ1) is 15.2. The summed E-state index contributed by atoms with van der Waals surface area (Å²) in [6.45, 7) is 5.07. The average Bonchev–Trinajstić information content (AvgIpc) is 2.13. The van der Waals surface area contributed by atoms with Gasteiger partial charge in [-0.3, -0.25) is 4.79 Å². The molecule has 0 spiro atoms. The minimum Gasteiger partial charge on any atom is -0.481 e. The fraction of sp³-hybridized carbons (Fsp3) is 0.600. The van der Waals surface area contributed by atoms with Crippen LogP contribution in [0.15, 0.2) is 12.7 Å². The van der Waals surface area contributed by atoms with E-state index in [4.69, 9.17) is 10.2 Å². The van der Waals surface area contributed by atoms with E-state index in [2.05, 4.69) is 13.5 Å². The zero-order chi connectivity index (χ0) is 11.4. The zero-order valence-corrected chi connectivity index (χ0v) is 8.53. The summed E-state index contributed by atoms with van der Waals surface area (Å²) in [6.07, 6.45) is 5.39. The number of unbranched alkanes of at least 4 members (excludes halogenated alkanes) is 3. The predicted molar refractivity (Wildman–Crippen MR) is 54.2 cm³/mol. The monoisotopic (exact) mass is 202 g/mol. The van der Waals surface area contributed by atoms with Gasteiger partial charge in [0.05, 0.1) is 0 Å². The van der Waals surface area contributed by atoms with E-state index in [1.165, 1.54) is 6.42 Å². The lowest BCUT2D eigenvalue weighted by atomic mass is 10.2. The minimum atomic E-state index is -0.981. The highest BCUT2D eigenvalue weighted by atomic mass is 16.4. The van der Waals surface area contributed by atoms with Crippen molar-refractivity contribution in [3.8, 4) is 0 Å². The highest BCUT2D eigenvalue weighted by Gasteiger charge is 1.93. The highest BCUT2D eigenvalue weighted by Crippen LogP contribution is 2.01. The molecule has 4 heteroatoms. The molecule has 0 saturated heterocycles. The van der Waals surface area contributed by atoms with E-state index in [1.807, 2.05) is 0 Å². The Balaban J connectivity index is 0. The lowest BCUT2D eigenvalue weighted by Gasteiger charge is -1.92. The molecule has 2 N–H and O–H groups in total. The second-order valence-electron chi connectivity index (χ2n) is 2.75. The number of carbonyl (C=O) groups is 2. The van der Waals surface area contributed by atoms with Crippen LogP contribution in [0.4, 0.5) is 0 Å². The summed E-state index contributed by atoms with van der Waals surface area (Å²) < 4.78 is 0. The molecule has 0 fully saturated rings. The number of hydrogen-bond donors (Lipinski definition) is 2. The Bertz CT molecular complexity index is 175. The van der Waals surface area contributed by atoms with Crippen molar-refractivity contribution >= 4 is 11.9 Å². The molecular formula is C10H18O4. The van der Waals surface area contributed by atoms with E-state index < -0.39 is 11.9 Å². The molecule has 0 unspecified atom stereocenters. The molecule has 0 aromatic heterocycles. The van der Waals surface area contributed by atoms with Crippen LogP contribution in [0.3, 0.4) is 0 Å². The lowest BCUT2D eigenvalue weighted by molar-refractivity contribution is -0.137. The second kappa shape index (κ2) is 11.7. The first-order chi connectivity index (χ1) is 6.54. The third kappa shape index (κ3) is 22.4. The van der Waals surface area contributed by atoms with Gasteiger partial charge in [0.1, 0.15) is 0 Å². The number of aliphatic carboxylic acids is 2. The molecule has 0 aliphatic rings.